The molecule has 1 aliphatic carbocycles. The molecule has 2 fully saturated rings. The second kappa shape index (κ2) is 5.45. The van der Waals surface area contributed by atoms with Crippen molar-refractivity contribution in [3.63, 3.8) is 0 Å². The molecule has 3 nitrogen and oxygen atoms in total. The Morgan fingerprint density at radius 3 is 2.57 bits per heavy atom. The predicted molar refractivity (Wildman–Crippen MR) is 85.0 cm³/mol. The van der Waals surface area contributed by atoms with Gasteiger partial charge in [-0.15, -0.1) is 0 Å². The first-order valence-electron chi connectivity index (χ1n) is 8.23. The number of hydrogen-bond donors (Lipinski definition) is 1. The molecule has 1 saturated carbocycles. The molecule has 1 saturated heterocycles. The van der Waals surface area contributed by atoms with Crippen LogP contribution in [0.5, 0.6) is 0 Å². The number of nitrogens with zero attached hydrogens (tertiary/aromatic N) is 1. The first-order valence-corrected chi connectivity index (χ1v) is 8.23. The predicted octanol–water partition coefficient (Wildman–Crippen LogP) is 3.46. The minimum Gasteiger partial charge on any atom is -0.322 e. The van der Waals surface area contributed by atoms with Gasteiger partial charge in [0.15, 0.2) is 0 Å². The van der Waals surface area contributed by atoms with E-state index < -0.39 is 0 Å². The average Bonchev–Trinajstić information content (AvgIpc) is 2.72. The van der Waals surface area contributed by atoms with Gasteiger partial charge >= 0.3 is 0 Å². The lowest BCUT2D eigenvalue weighted by Crippen LogP contribution is -2.48. The second-order valence-electron chi connectivity index (χ2n) is 6.64. The summed E-state index contributed by atoms with van der Waals surface area (Å²) in [6.07, 6.45) is 5.61. The summed E-state index contributed by atoms with van der Waals surface area (Å²) in [6.45, 7) is 7.11. The summed E-state index contributed by atoms with van der Waals surface area (Å²) >= 11 is 0. The van der Waals surface area contributed by atoms with Crippen LogP contribution in [0.2, 0.25) is 0 Å². The van der Waals surface area contributed by atoms with E-state index in [0.717, 1.165) is 32.2 Å². The van der Waals surface area contributed by atoms with Crippen LogP contribution in [0, 0.1) is 13.8 Å². The smallest absolute Gasteiger partial charge is 0.244 e. The topological polar surface area (TPSA) is 32.3 Å². The highest BCUT2D eigenvalue weighted by Crippen LogP contribution is 2.40. The van der Waals surface area contributed by atoms with Crippen LogP contribution < -0.4 is 5.32 Å². The zero-order valence-corrected chi connectivity index (χ0v) is 13.4. The van der Waals surface area contributed by atoms with Crippen molar-refractivity contribution >= 4 is 5.91 Å². The second-order valence-corrected chi connectivity index (χ2v) is 6.64. The summed E-state index contributed by atoms with van der Waals surface area (Å²) in [5.41, 5.74) is 3.50. The Hall–Kier alpha value is -1.35. The maximum absolute atomic E-state index is 12.9. The molecular formula is C18H26N2O. The fourth-order valence-electron chi connectivity index (χ4n) is 4.01. The van der Waals surface area contributed by atoms with Gasteiger partial charge in [-0.2, -0.15) is 0 Å². The van der Waals surface area contributed by atoms with Crippen molar-refractivity contribution in [1.29, 1.82) is 0 Å². The summed E-state index contributed by atoms with van der Waals surface area (Å²) in [5.74, 6) is 0.315. The highest BCUT2D eigenvalue weighted by molar-refractivity contribution is 5.89. The van der Waals surface area contributed by atoms with E-state index in [0.29, 0.717) is 5.91 Å². The summed E-state index contributed by atoms with van der Waals surface area (Å²) in [5, 5.41) is 3.71. The molecule has 1 aromatic carbocycles. The molecule has 3 heteroatoms. The summed E-state index contributed by atoms with van der Waals surface area (Å²) in [7, 11) is 0. The number of likely N-dealkylation sites (N-methyl/N-ethyl adjacent to an activating group) is 1. The molecule has 1 aromatic rings. The maximum atomic E-state index is 12.9. The third-order valence-electron chi connectivity index (χ3n) is 5.16. The Morgan fingerprint density at radius 1 is 1.24 bits per heavy atom. The first kappa shape index (κ1) is 14.6. The number of hydrogen-bond acceptors (Lipinski definition) is 2. The van der Waals surface area contributed by atoms with Crippen LogP contribution in [-0.2, 0) is 4.79 Å². The van der Waals surface area contributed by atoms with E-state index in [-0.39, 0.29) is 11.7 Å². The molecule has 2 aliphatic rings. The van der Waals surface area contributed by atoms with Gasteiger partial charge < -0.3 is 4.90 Å². The fourth-order valence-corrected chi connectivity index (χ4v) is 4.01. The minimum atomic E-state index is -0.295. The van der Waals surface area contributed by atoms with Crippen LogP contribution in [-0.4, -0.2) is 22.9 Å². The lowest BCUT2D eigenvalue weighted by molar-refractivity contribution is -0.134. The summed E-state index contributed by atoms with van der Waals surface area (Å²) < 4.78 is 0. The van der Waals surface area contributed by atoms with Crippen LogP contribution in [0.1, 0.15) is 61.9 Å². The molecule has 0 aromatic heterocycles. The number of aryl methyl sites for hydroxylation is 2. The monoisotopic (exact) mass is 286 g/mol. The van der Waals surface area contributed by atoms with E-state index in [1.807, 2.05) is 4.90 Å². The Balaban J connectivity index is 1.96. The van der Waals surface area contributed by atoms with E-state index in [4.69, 9.17) is 0 Å². The van der Waals surface area contributed by atoms with E-state index in [1.54, 1.807) is 0 Å². The maximum Gasteiger partial charge on any atom is 0.244 e. The van der Waals surface area contributed by atoms with Gasteiger partial charge in [-0.05, 0) is 44.7 Å². The lowest BCUT2D eigenvalue weighted by atomic mass is 9.81. The largest absolute Gasteiger partial charge is 0.322 e. The third-order valence-corrected chi connectivity index (χ3v) is 5.16. The van der Waals surface area contributed by atoms with Gasteiger partial charge in [0.05, 0.1) is 5.54 Å². The van der Waals surface area contributed by atoms with Crippen molar-refractivity contribution in [2.24, 2.45) is 0 Å². The Labute approximate surface area is 127 Å². The van der Waals surface area contributed by atoms with Gasteiger partial charge in [0.1, 0.15) is 6.17 Å². The van der Waals surface area contributed by atoms with Crippen molar-refractivity contribution in [3.8, 4) is 0 Å². The van der Waals surface area contributed by atoms with E-state index >= 15 is 0 Å². The number of amides is 1. The number of nitrogens with one attached hydrogen (secondary N) is 1. The van der Waals surface area contributed by atoms with Gasteiger partial charge in [-0.1, -0.05) is 43.0 Å². The first-order chi connectivity index (χ1) is 10.1. The van der Waals surface area contributed by atoms with Crippen LogP contribution in [0.4, 0.5) is 0 Å². The van der Waals surface area contributed by atoms with Crippen LogP contribution >= 0.6 is 0 Å². The molecule has 0 unspecified atom stereocenters. The molecule has 1 spiro atoms. The number of rotatable bonds is 2. The van der Waals surface area contributed by atoms with Crippen molar-refractivity contribution in [3.05, 3.63) is 34.9 Å². The zero-order valence-electron chi connectivity index (χ0n) is 13.4. The van der Waals surface area contributed by atoms with Gasteiger partial charge in [0.25, 0.3) is 0 Å². The molecule has 0 bridgehead atoms. The van der Waals surface area contributed by atoms with Crippen molar-refractivity contribution in [1.82, 2.24) is 10.2 Å². The molecule has 1 atom stereocenters. The molecule has 21 heavy (non-hydrogen) atoms. The highest BCUT2D eigenvalue weighted by Gasteiger charge is 2.51. The summed E-state index contributed by atoms with van der Waals surface area (Å²) in [4.78, 5) is 15.0. The lowest BCUT2D eigenvalue weighted by Gasteiger charge is -2.31. The van der Waals surface area contributed by atoms with Gasteiger partial charge in [-0.3, -0.25) is 10.1 Å². The number of carbonyl (C=O) groups is 1. The standard InChI is InChI=1S/C18H26N2O/c1-4-20-16(15-9-8-13(2)12-14(15)3)19-18(17(20)21)10-6-5-7-11-18/h8-9,12,16,19H,4-7,10-11H2,1-3H3/t16-/m0/s1. The Morgan fingerprint density at radius 2 is 1.95 bits per heavy atom. The molecule has 1 N–H and O–H groups in total. The quantitative estimate of drug-likeness (QED) is 0.903. The zero-order chi connectivity index (χ0) is 15.0. The Bertz CT molecular complexity index is 546. The normalized spacial score (nSPS) is 24.8. The number of benzene rings is 1. The van der Waals surface area contributed by atoms with Crippen LogP contribution in [0.25, 0.3) is 0 Å². The highest BCUT2D eigenvalue weighted by atomic mass is 16.2. The van der Waals surface area contributed by atoms with E-state index in [2.05, 4.69) is 44.3 Å². The van der Waals surface area contributed by atoms with E-state index in [1.165, 1.54) is 23.1 Å². The van der Waals surface area contributed by atoms with Gasteiger partial charge in [0.2, 0.25) is 5.91 Å². The molecule has 1 amide bonds. The average molecular weight is 286 g/mol. The van der Waals surface area contributed by atoms with Crippen LogP contribution in [0.3, 0.4) is 0 Å². The van der Waals surface area contributed by atoms with Crippen molar-refractivity contribution in [2.75, 3.05) is 6.54 Å². The minimum absolute atomic E-state index is 0.0428. The number of carbonyl (C=O) groups excluding carboxylic acids is 1. The van der Waals surface area contributed by atoms with Gasteiger partial charge in [0, 0.05) is 6.54 Å². The van der Waals surface area contributed by atoms with Crippen molar-refractivity contribution < 1.29 is 4.79 Å². The molecule has 1 heterocycles. The molecular weight excluding hydrogens is 260 g/mol. The van der Waals surface area contributed by atoms with Crippen LogP contribution in [0.15, 0.2) is 18.2 Å². The molecule has 3 rings (SSSR count). The SMILES string of the molecule is CCN1C(=O)C2(CCCCC2)N[C@@H]1c1ccc(C)cc1C. The fraction of sp³-hybridized carbons (Fsp3) is 0.611. The van der Waals surface area contributed by atoms with E-state index in [9.17, 15) is 4.79 Å². The van der Waals surface area contributed by atoms with Gasteiger partial charge in [-0.25, -0.2) is 0 Å². The molecule has 1 aliphatic heterocycles. The van der Waals surface area contributed by atoms with Crippen molar-refractivity contribution in [2.45, 2.75) is 64.6 Å². The molecule has 114 valence electrons. The third kappa shape index (κ3) is 2.38. The molecule has 0 radical (unpaired) electrons. The summed E-state index contributed by atoms with van der Waals surface area (Å²) in [6, 6.07) is 6.54. The Kier molecular flexibility index (Phi) is 3.78.